The Morgan fingerprint density at radius 1 is 1.13 bits per heavy atom. The topological polar surface area (TPSA) is 69.0 Å². The van der Waals surface area contributed by atoms with Gasteiger partial charge in [-0.25, -0.2) is 0 Å². The maximum Gasteiger partial charge on any atom is 0.234 e. The lowest BCUT2D eigenvalue weighted by molar-refractivity contribution is -0.113. The van der Waals surface area contributed by atoms with Gasteiger partial charge >= 0.3 is 0 Å². The minimum Gasteiger partial charge on any atom is -0.497 e. The van der Waals surface area contributed by atoms with Crippen molar-refractivity contribution in [3.8, 4) is 5.75 Å². The van der Waals surface area contributed by atoms with E-state index in [1.165, 1.54) is 50.3 Å². The highest BCUT2D eigenvalue weighted by Crippen LogP contribution is 2.60. The molecule has 4 bridgehead atoms. The number of nitrogens with zero attached hydrogens (tertiary/aromatic N) is 3. The smallest absolute Gasteiger partial charge is 0.234 e. The molecule has 0 spiro atoms. The third-order valence-corrected chi connectivity index (χ3v) is 8.35. The van der Waals surface area contributed by atoms with E-state index in [0.29, 0.717) is 11.2 Å². The highest BCUT2D eigenvalue weighted by atomic mass is 32.2. The van der Waals surface area contributed by atoms with Crippen molar-refractivity contribution in [3.05, 3.63) is 30.1 Å². The molecule has 6 nitrogen and oxygen atoms in total. The van der Waals surface area contributed by atoms with Gasteiger partial charge in [-0.15, -0.1) is 10.2 Å². The van der Waals surface area contributed by atoms with Crippen LogP contribution in [0, 0.1) is 23.2 Å². The van der Waals surface area contributed by atoms with Gasteiger partial charge in [0.1, 0.15) is 11.6 Å². The molecule has 160 valence electrons. The minimum atomic E-state index is -0.0456. The number of anilines is 1. The van der Waals surface area contributed by atoms with Crippen molar-refractivity contribution >= 4 is 23.4 Å². The van der Waals surface area contributed by atoms with Gasteiger partial charge < -0.3 is 14.6 Å². The Hall–Kier alpha value is -2.02. The number of aromatic nitrogens is 3. The summed E-state index contributed by atoms with van der Waals surface area (Å²) in [4.78, 5) is 12.3. The van der Waals surface area contributed by atoms with Crippen LogP contribution in [-0.4, -0.2) is 33.5 Å². The molecule has 1 aromatic carbocycles. The summed E-state index contributed by atoms with van der Waals surface area (Å²) in [5.41, 5.74) is 1.21. The van der Waals surface area contributed by atoms with E-state index in [2.05, 4.69) is 20.1 Å². The molecule has 6 rings (SSSR count). The Morgan fingerprint density at radius 2 is 1.77 bits per heavy atom. The third kappa shape index (κ3) is 3.96. The number of rotatable bonds is 7. The Balaban J connectivity index is 1.18. The number of benzene rings is 1. The highest BCUT2D eigenvalue weighted by Gasteiger charge is 2.51. The van der Waals surface area contributed by atoms with E-state index in [0.717, 1.165) is 46.6 Å². The molecule has 0 aliphatic heterocycles. The quantitative estimate of drug-likeness (QED) is 0.668. The Bertz CT molecular complexity index is 889. The molecule has 1 amide bonds. The molecule has 0 saturated heterocycles. The van der Waals surface area contributed by atoms with Gasteiger partial charge in [0.15, 0.2) is 5.16 Å². The lowest BCUT2D eigenvalue weighted by atomic mass is 9.49. The average Bonchev–Trinajstić information content (AvgIpc) is 3.05. The van der Waals surface area contributed by atoms with Gasteiger partial charge in [0, 0.05) is 19.2 Å². The summed E-state index contributed by atoms with van der Waals surface area (Å²) < 4.78 is 7.25. The maximum atomic E-state index is 12.3. The van der Waals surface area contributed by atoms with Crippen LogP contribution in [0.4, 0.5) is 5.69 Å². The number of methoxy groups -OCH3 is 1. The fourth-order valence-electron chi connectivity index (χ4n) is 6.47. The van der Waals surface area contributed by atoms with Crippen LogP contribution in [0.5, 0.6) is 5.75 Å². The van der Waals surface area contributed by atoms with E-state index < -0.39 is 0 Å². The highest BCUT2D eigenvalue weighted by molar-refractivity contribution is 7.99. The molecule has 0 radical (unpaired) electrons. The van der Waals surface area contributed by atoms with Gasteiger partial charge in [-0.05, 0) is 86.0 Å². The summed E-state index contributed by atoms with van der Waals surface area (Å²) >= 11 is 1.45. The van der Waals surface area contributed by atoms with Crippen LogP contribution in [0.2, 0.25) is 0 Å². The molecule has 1 heterocycles. The van der Waals surface area contributed by atoms with Gasteiger partial charge in [-0.1, -0.05) is 11.8 Å². The molecule has 7 heteroatoms. The van der Waals surface area contributed by atoms with Gasteiger partial charge in [-0.3, -0.25) is 4.79 Å². The SMILES string of the molecule is COc1ccc(NC(=O)CSc2nnc(CC34CC5CC(CC(C5)C3)C4)n2C)cc1. The van der Waals surface area contributed by atoms with E-state index in [1.54, 1.807) is 7.11 Å². The number of hydrogen-bond donors (Lipinski definition) is 1. The largest absolute Gasteiger partial charge is 0.497 e. The summed E-state index contributed by atoms with van der Waals surface area (Å²) in [6.45, 7) is 0. The van der Waals surface area contributed by atoms with E-state index in [-0.39, 0.29) is 5.91 Å². The van der Waals surface area contributed by atoms with E-state index in [9.17, 15) is 4.79 Å². The first-order chi connectivity index (χ1) is 14.5. The zero-order valence-corrected chi connectivity index (χ0v) is 18.6. The van der Waals surface area contributed by atoms with Crippen molar-refractivity contribution < 1.29 is 9.53 Å². The number of hydrogen-bond acceptors (Lipinski definition) is 5. The molecule has 4 aliphatic rings. The molecule has 30 heavy (non-hydrogen) atoms. The van der Waals surface area contributed by atoms with Crippen LogP contribution >= 0.6 is 11.8 Å². The molecule has 0 atom stereocenters. The van der Waals surface area contributed by atoms with Gasteiger partial charge in [0.05, 0.1) is 12.9 Å². The Morgan fingerprint density at radius 3 is 2.37 bits per heavy atom. The summed E-state index contributed by atoms with van der Waals surface area (Å²) in [6.07, 6.45) is 9.54. The second kappa shape index (κ2) is 7.91. The minimum absolute atomic E-state index is 0.0456. The van der Waals surface area contributed by atoms with Crippen LogP contribution in [0.3, 0.4) is 0 Å². The molecule has 1 N–H and O–H groups in total. The fraction of sp³-hybridized carbons (Fsp3) is 0.609. The van der Waals surface area contributed by atoms with Crippen LogP contribution in [0.25, 0.3) is 0 Å². The normalized spacial score (nSPS) is 29.2. The van der Waals surface area contributed by atoms with Gasteiger partial charge in [0.2, 0.25) is 5.91 Å². The molecule has 4 fully saturated rings. The summed E-state index contributed by atoms with van der Waals surface area (Å²) in [7, 11) is 3.67. The lowest BCUT2D eigenvalue weighted by Crippen LogP contribution is -2.47. The van der Waals surface area contributed by atoms with Gasteiger partial charge in [-0.2, -0.15) is 0 Å². The van der Waals surface area contributed by atoms with E-state index in [4.69, 9.17) is 4.74 Å². The molecule has 1 aromatic heterocycles. The van der Waals surface area contributed by atoms with Crippen molar-refractivity contribution in [2.45, 2.75) is 50.1 Å². The van der Waals surface area contributed by atoms with Crippen LogP contribution < -0.4 is 10.1 Å². The van der Waals surface area contributed by atoms with Crippen LogP contribution in [0.15, 0.2) is 29.4 Å². The molecule has 4 aliphatic carbocycles. The second-order valence-electron chi connectivity index (χ2n) is 9.62. The molecule has 2 aromatic rings. The average molecular weight is 427 g/mol. The second-order valence-corrected chi connectivity index (χ2v) is 10.6. The number of thioether (sulfide) groups is 1. The molecule has 4 saturated carbocycles. The number of amides is 1. The number of carbonyl (C=O) groups is 1. The zero-order chi connectivity index (χ0) is 20.7. The van der Waals surface area contributed by atoms with Crippen molar-refractivity contribution in [1.29, 1.82) is 0 Å². The van der Waals surface area contributed by atoms with E-state index >= 15 is 0 Å². The summed E-state index contributed by atoms with van der Waals surface area (Å²) in [6, 6.07) is 7.35. The number of nitrogens with one attached hydrogen (secondary N) is 1. The molecular formula is C23H30N4O2S. The zero-order valence-electron chi connectivity index (χ0n) is 17.8. The summed E-state index contributed by atoms with van der Waals surface area (Å²) in [5, 5.41) is 12.7. The predicted octanol–water partition coefficient (Wildman–Crippen LogP) is 4.31. The standard InChI is InChI=1S/C23H30N4O2S/c1-27-20(13-23-10-15-7-16(11-23)9-17(8-15)12-23)25-26-22(27)30-14-21(28)24-18-3-5-19(29-2)6-4-18/h3-6,15-17H,7-14H2,1-2H3,(H,24,28). The molecule has 0 unspecified atom stereocenters. The van der Waals surface area contributed by atoms with Crippen molar-refractivity contribution in [1.82, 2.24) is 14.8 Å². The van der Waals surface area contributed by atoms with Crippen molar-refractivity contribution in [3.63, 3.8) is 0 Å². The number of carbonyl (C=O) groups excluding carboxylic acids is 1. The number of ether oxygens (including phenoxy) is 1. The molecular weight excluding hydrogens is 396 g/mol. The Labute approximate surface area is 182 Å². The van der Waals surface area contributed by atoms with E-state index in [1.807, 2.05) is 31.3 Å². The first-order valence-corrected chi connectivity index (χ1v) is 12.0. The maximum absolute atomic E-state index is 12.3. The van der Waals surface area contributed by atoms with Crippen LogP contribution in [-0.2, 0) is 18.3 Å². The fourth-order valence-corrected chi connectivity index (χ4v) is 7.20. The Kier molecular flexibility index (Phi) is 5.25. The van der Waals surface area contributed by atoms with Crippen molar-refractivity contribution in [2.75, 3.05) is 18.2 Å². The first kappa shape index (κ1) is 19.9. The summed E-state index contributed by atoms with van der Waals surface area (Å²) in [5.74, 6) is 4.95. The first-order valence-electron chi connectivity index (χ1n) is 11.0. The predicted molar refractivity (Wildman–Crippen MR) is 118 cm³/mol. The van der Waals surface area contributed by atoms with Gasteiger partial charge in [0.25, 0.3) is 0 Å². The third-order valence-electron chi connectivity index (χ3n) is 7.33. The van der Waals surface area contributed by atoms with Crippen LogP contribution in [0.1, 0.15) is 44.3 Å². The lowest BCUT2D eigenvalue weighted by Gasteiger charge is -2.56. The monoisotopic (exact) mass is 426 g/mol. The van der Waals surface area contributed by atoms with Crippen molar-refractivity contribution in [2.24, 2.45) is 30.2 Å².